The molecule has 0 saturated heterocycles. The third-order valence-corrected chi connectivity index (χ3v) is 4.98. The van der Waals surface area contributed by atoms with Crippen LogP contribution in [0, 0.1) is 0 Å². The van der Waals surface area contributed by atoms with Crippen molar-refractivity contribution in [2.45, 2.75) is 51.6 Å². The molecule has 0 radical (unpaired) electrons. The summed E-state index contributed by atoms with van der Waals surface area (Å²) >= 11 is 0. The van der Waals surface area contributed by atoms with E-state index in [1.54, 1.807) is 7.11 Å². The lowest BCUT2D eigenvalue weighted by atomic mass is 9.99. The maximum atomic E-state index is 5.35. The lowest BCUT2D eigenvalue weighted by molar-refractivity contribution is 0.413. The van der Waals surface area contributed by atoms with Gasteiger partial charge in [-0.15, -0.1) is 0 Å². The second-order valence-corrected chi connectivity index (χ2v) is 7.35. The van der Waals surface area contributed by atoms with Crippen molar-refractivity contribution in [3.05, 3.63) is 41.1 Å². The first kappa shape index (κ1) is 16.2. The number of hydrogen-bond acceptors (Lipinski definition) is 5. The van der Waals surface area contributed by atoms with E-state index in [9.17, 15) is 0 Å². The van der Waals surface area contributed by atoms with Gasteiger partial charge in [-0.1, -0.05) is 19.9 Å². The summed E-state index contributed by atoms with van der Waals surface area (Å²) in [5, 5.41) is 3.46. The molecule has 5 heteroatoms. The Labute approximate surface area is 149 Å². The van der Waals surface area contributed by atoms with Crippen LogP contribution in [-0.4, -0.2) is 29.7 Å². The average Bonchev–Trinajstić information content (AvgIpc) is 3.44. The Hall–Kier alpha value is -2.30. The van der Waals surface area contributed by atoms with Gasteiger partial charge in [0.05, 0.1) is 12.8 Å². The smallest absolute Gasteiger partial charge is 0.225 e. The Balaban J connectivity index is 1.61. The molecule has 1 aliphatic heterocycles. The van der Waals surface area contributed by atoms with Crippen molar-refractivity contribution in [2.24, 2.45) is 0 Å². The Morgan fingerprint density at radius 2 is 2.00 bits per heavy atom. The number of anilines is 2. The highest BCUT2D eigenvalue weighted by atomic mass is 16.5. The predicted molar refractivity (Wildman–Crippen MR) is 101 cm³/mol. The van der Waals surface area contributed by atoms with Gasteiger partial charge in [-0.3, -0.25) is 0 Å². The van der Waals surface area contributed by atoms with Crippen LogP contribution in [0.1, 0.15) is 49.4 Å². The Bertz CT molecular complexity index is 770. The minimum Gasteiger partial charge on any atom is -0.497 e. The summed E-state index contributed by atoms with van der Waals surface area (Å²) in [4.78, 5) is 11.9. The molecule has 2 aromatic rings. The Morgan fingerprint density at radius 1 is 1.16 bits per heavy atom. The number of nitrogens with zero attached hydrogens (tertiary/aromatic N) is 3. The van der Waals surface area contributed by atoms with Crippen LogP contribution in [-0.2, 0) is 13.0 Å². The lowest BCUT2D eigenvalue weighted by Crippen LogP contribution is -2.31. The SMILES string of the molecule is COc1ccc2c(c1)CCN(c1cc(C(C)C)nc(NC3CC3)n1)C2. The van der Waals surface area contributed by atoms with Crippen LogP contribution in [0.15, 0.2) is 24.3 Å². The van der Waals surface area contributed by atoms with Crippen LogP contribution in [0.5, 0.6) is 5.75 Å². The molecule has 0 spiro atoms. The standard InChI is InChI=1S/C20H26N4O/c1-13(2)18-11-19(23-20(22-18)21-16-5-6-16)24-9-8-14-10-17(25-3)7-4-15(14)12-24/h4,7,10-11,13,16H,5-6,8-9,12H2,1-3H3,(H,21,22,23). The Morgan fingerprint density at radius 3 is 2.72 bits per heavy atom. The first-order valence-electron chi connectivity index (χ1n) is 9.18. The molecule has 0 unspecified atom stereocenters. The van der Waals surface area contributed by atoms with Crippen molar-refractivity contribution in [3.63, 3.8) is 0 Å². The van der Waals surface area contributed by atoms with Gasteiger partial charge in [-0.2, -0.15) is 4.98 Å². The van der Waals surface area contributed by atoms with E-state index in [1.807, 2.05) is 6.07 Å². The fraction of sp³-hybridized carbons (Fsp3) is 0.500. The molecule has 1 aromatic heterocycles. The molecule has 1 N–H and O–H groups in total. The molecule has 2 heterocycles. The highest BCUT2D eigenvalue weighted by Gasteiger charge is 2.24. The van der Waals surface area contributed by atoms with Gasteiger partial charge in [0.2, 0.25) is 5.95 Å². The van der Waals surface area contributed by atoms with Gasteiger partial charge in [-0.05, 0) is 48.4 Å². The largest absolute Gasteiger partial charge is 0.497 e. The zero-order valence-corrected chi connectivity index (χ0v) is 15.2. The van der Waals surface area contributed by atoms with Crippen molar-refractivity contribution < 1.29 is 4.74 Å². The quantitative estimate of drug-likeness (QED) is 0.900. The summed E-state index contributed by atoms with van der Waals surface area (Å²) in [7, 11) is 1.72. The van der Waals surface area contributed by atoms with E-state index >= 15 is 0 Å². The van der Waals surface area contributed by atoms with Crippen LogP contribution in [0.3, 0.4) is 0 Å². The normalized spacial score (nSPS) is 16.7. The molecular weight excluding hydrogens is 312 g/mol. The van der Waals surface area contributed by atoms with Crippen molar-refractivity contribution in [1.29, 1.82) is 0 Å². The summed E-state index contributed by atoms with van der Waals surface area (Å²) < 4.78 is 5.35. The zero-order valence-electron chi connectivity index (χ0n) is 15.2. The molecule has 1 fully saturated rings. The van der Waals surface area contributed by atoms with E-state index in [0.29, 0.717) is 12.0 Å². The van der Waals surface area contributed by atoms with Gasteiger partial charge in [0.15, 0.2) is 0 Å². The second kappa shape index (κ2) is 6.54. The third kappa shape index (κ3) is 3.55. The summed E-state index contributed by atoms with van der Waals surface area (Å²) in [6.07, 6.45) is 3.46. The van der Waals surface area contributed by atoms with E-state index in [4.69, 9.17) is 14.7 Å². The van der Waals surface area contributed by atoms with Crippen molar-refractivity contribution in [1.82, 2.24) is 9.97 Å². The lowest BCUT2D eigenvalue weighted by Gasteiger charge is -2.30. The number of ether oxygens (including phenoxy) is 1. The minimum absolute atomic E-state index is 0.392. The van der Waals surface area contributed by atoms with Crippen LogP contribution in [0.25, 0.3) is 0 Å². The molecule has 0 bridgehead atoms. The molecule has 5 nitrogen and oxygen atoms in total. The minimum atomic E-state index is 0.392. The second-order valence-electron chi connectivity index (χ2n) is 7.35. The summed E-state index contributed by atoms with van der Waals surface area (Å²) in [5.41, 5.74) is 3.84. The van der Waals surface area contributed by atoms with E-state index in [0.717, 1.165) is 42.7 Å². The summed E-state index contributed by atoms with van der Waals surface area (Å²) in [6.45, 7) is 6.23. The first-order valence-corrected chi connectivity index (χ1v) is 9.18. The summed E-state index contributed by atoms with van der Waals surface area (Å²) in [6, 6.07) is 9.09. The number of nitrogens with one attached hydrogen (secondary N) is 1. The van der Waals surface area contributed by atoms with Crippen LogP contribution in [0.4, 0.5) is 11.8 Å². The molecular formula is C20H26N4O. The topological polar surface area (TPSA) is 50.3 Å². The van der Waals surface area contributed by atoms with Crippen molar-refractivity contribution >= 4 is 11.8 Å². The van der Waals surface area contributed by atoms with E-state index in [1.165, 1.54) is 24.0 Å². The summed E-state index contributed by atoms with van der Waals surface area (Å²) in [5.74, 6) is 3.14. The third-order valence-electron chi connectivity index (χ3n) is 4.98. The van der Waals surface area contributed by atoms with Gasteiger partial charge in [0, 0.05) is 25.2 Å². The van der Waals surface area contributed by atoms with Gasteiger partial charge in [0.25, 0.3) is 0 Å². The van der Waals surface area contributed by atoms with Crippen LogP contribution in [0.2, 0.25) is 0 Å². The zero-order chi connectivity index (χ0) is 17.4. The maximum Gasteiger partial charge on any atom is 0.225 e. The van der Waals surface area contributed by atoms with E-state index in [2.05, 4.69) is 42.3 Å². The van der Waals surface area contributed by atoms with Crippen LogP contribution < -0.4 is 15.0 Å². The van der Waals surface area contributed by atoms with E-state index < -0.39 is 0 Å². The molecule has 2 aliphatic rings. The average molecular weight is 338 g/mol. The number of rotatable bonds is 5. The number of benzene rings is 1. The van der Waals surface area contributed by atoms with Gasteiger partial charge in [-0.25, -0.2) is 4.98 Å². The fourth-order valence-electron chi connectivity index (χ4n) is 3.24. The highest BCUT2D eigenvalue weighted by Crippen LogP contribution is 2.29. The number of hydrogen-bond donors (Lipinski definition) is 1. The molecule has 132 valence electrons. The fourth-order valence-corrected chi connectivity index (χ4v) is 3.24. The van der Waals surface area contributed by atoms with Gasteiger partial charge >= 0.3 is 0 Å². The number of fused-ring (bicyclic) bond motifs is 1. The highest BCUT2D eigenvalue weighted by molar-refractivity contribution is 5.50. The van der Waals surface area contributed by atoms with Gasteiger partial charge < -0.3 is 15.0 Å². The molecule has 1 aliphatic carbocycles. The van der Waals surface area contributed by atoms with Gasteiger partial charge in [0.1, 0.15) is 11.6 Å². The monoisotopic (exact) mass is 338 g/mol. The first-order chi connectivity index (χ1) is 12.1. The van der Waals surface area contributed by atoms with E-state index in [-0.39, 0.29) is 0 Å². The molecule has 25 heavy (non-hydrogen) atoms. The number of methoxy groups -OCH3 is 1. The van der Waals surface area contributed by atoms with Crippen molar-refractivity contribution in [2.75, 3.05) is 23.9 Å². The predicted octanol–water partition coefficient (Wildman–Crippen LogP) is 3.75. The van der Waals surface area contributed by atoms with Crippen molar-refractivity contribution in [3.8, 4) is 5.75 Å². The number of aromatic nitrogens is 2. The molecule has 0 atom stereocenters. The molecule has 0 amide bonds. The van der Waals surface area contributed by atoms with Crippen LogP contribution >= 0.6 is 0 Å². The maximum absolute atomic E-state index is 5.35. The molecule has 1 saturated carbocycles. The Kier molecular flexibility index (Phi) is 4.24. The molecule has 1 aromatic carbocycles. The molecule has 4 rings (SSSR count).